The van der Waals surface area contributed by atoms with Crippen LogP contribution in [0.15, 0.2) is 60.9 Å². The van der Waals surface area contributed by atoms with Crippen molar-refractivity contribution in [3.05, 3.63) is 72.2 Å². The van der Waals surface area contributed by atoms with Crippen molar-refractivity contribution in [2.24, 2.45) is 0 Å². The lowest BCUT2D eigenvalue weighted by Gasteiger charge is -2.05. The number of H-pyrrole nitrogens is 1. The SMILES string of the molecule is Cc1ccc(-c2c(-c3ccncc3)[nH]c3ccc(C#N)nc23)cc1. The van der Waals surface area contributed by atoms with Crippen LogP contribution in [0.3, 0.4) is 0 Å². The highest BCUT2D eigenvalue weighted by Crippen LogP contribution is 2.37. The maximum absolute atomic E-state index is 9.19. The number of aryl methyl sites for hydroxylation is 1. The Morgan fingerprint density at radius 1 is 0.917 bits per heavy atom. The van der Waals surface area contributed by atoms with Gasteiger partial charge in [0.1, 0.15) is 11.8 Å². The van der Waals surface area contributed by atoms with Gasteiger partial charge in [0.15, 0.2) is 0 Å². The second-order valence-corrected chi connectivity index (χ2v) is 5.68. The quantitative estimate of drug-likeness (QED) is 0.594. The molecule has 0 atom stereocenters. The number of hydrogen-bond donors (Lipinski definition) is 1. The third kappa shape index (κ3) is 2.33. The lowest BCUT2D eigenvalue weighted by molar-refractivity contribution is 1.32. The summed E-state index contributed by atoms with van der Waals surface area (Å²) in [6.07, 6.45) is 3.54. The van der Waals surface area contributed by atoms with Gasteiger partial charge in [-0.25, -0.2) is 4.98 Å². The number of aromatic amines is 1. The summed E-state index contributed by atoms with van der Waals surface area (Å²) < 4.78 is 0. The van der Waals surface area contributed by atoms with Gasteiger partial charge in [-0.1, -0.05) is 29.8 Å². The minimum atomic E-state index is 0.413. The summed E-state index contributed by atoms with van der Waals surface area (Å²) in [5.41, 5.74) is 7.44. The minimum Gasteiger partial charge on any atom is -0.353 e. The van der Waals surface area contributed by atoms with Gasteiger partial charge in [0.05, 0.1) is 16.7 Å². The van der Waals surface area contributed by atoms with E-state index in [9.17, 15) is 5.26 Å². The molecule has 0 saturated heterocycles. The number of hydrogen-bond acceptors (Lipinski definition) is 3. The summed E-state index contributed by atoms with van der Waals surface area (Å²) in [4.78, 5) is 12.1. The highest BCUT2D eigenvalue weighted by Gasteiger charge is 2.16. The van der Waals surface area contributed by atoms with E-state index in [2.05, 4.69) is 52.2 Å². The van der Waals surface area contributed by atoms with E-state index in [0.717, 1.165) is 33.4 Å². The van der Waals surface area contributed by atoms with Crippen molar-refractivity contribution in [2.75, 3.05) is 0 Å². The fraction of sp³-hybridized carbons (Fsp3) is 0.0500. The number of nitrogens with zero attached hydrogens (tertiary/aromatic N) is 3. The van der Waals surface area contributed by atoms with E-state index in [-0.39, 0.29) is 0 Å². The minimum absolute atomic E-state index is 0.413. The standard InChI is InChI=1S/C20H14N4/c1-13-2-4-14(5-3-13)18-19(15-8-10-22-11-9-15)24-17-7-6-16(12-21)23-20(17)18/h2-11,24H,1H3. The van der Waals surface area contributed by atoms with Crippen LogP contribution in [0.4, 0.5) is 0 Å². The Morgan fingerprint density at radius 2 is 1.67 bits per heavy atom. The normalized spacial score (nSPS) is 10.7. The van der Waals surface area contributed by atoms with E-state index in [1.807, 2.05) is 18.2 Å². The van der Waals surface area contributed by atoms with Crippen LogP contribution >= 0.6 is 0 Å². The molecule has 1 N–H and O–H groups in total. The number of benzene rings is 1. The fourth-order valence-corrected chi connectivity index (χ4v) is 2.86. The van der Waals surface area contributed by atoms with Crippen molar-refractivity contribution in [1.29, 1.82) is 5.26 Å². The second-order valence-electron chi connectivity index (χ2n) is 5.68. The predicted octanol–water partition coefficient (Wildman–Crippen LogP) is 4.47. The molecule has 0 radical (unpaired) electrons. The largest absolute Gasteiger partial charge is 0.353 e. The van der Waals surface area contributed by atoms with Gasteiger partial charge in [0.2, 0.25) is 0 Å². The first-order valence-electron chi connectivity index (χ1n) is 7.66. The Labute approximate surface area is 139 Å². The van der Waals surface area contributed by atoms with E-state index in [0.29, 0.717) is 5.69 Å². The van der Waals surface area contributed by atoms with Crippen molar-refractivity contribution >= 4 is 11.0 Å². The molecule has 0 unspecified atom stereocenters. The van der Waals surface area contributed by atoms with E-state index in [1.165, 1.54) is 5.56 Å². The van der Waals surface area contributed by atoms with Crippen LogP contribution in [-0.2, 0) is 0 Å². The van der Waals surface area contributed by atoms with Gasteiger partial charge in [0.25, 0.3) is 0 Å². The van der Waals surface area contributed by atoms with Crippen molar-refractivity contribution in [2.45, 2.75) is 6.92 Å². The Kier molecular flexibility index (Phi) is 3.33. The fourth-order valence-electron chi connectivity index (χ4n) is 2.86. The zero-order valence-electron chi connectivity index (χ0n) is 13.1. The maximum atomic E-state index is 9.19. The molecular weight excluding hydrogens is 296 g/mol. The van der Waals surface area contributed by atoms with Gasteiger partial charge in [-0.3, -0.25) is 4.98 Å². The van der Waals surface area contributed by atoms with Crippen molar-refractivity contribution in [1.82, 2.24) is 15.0 Å². The van der Waals surface area contributed by atoms with Crippen LogP contribution < -0.4 is 0 Å². The zero-order chi connectivity index (χ0) is 16.5. The Bertz CT molecular complexity index is 1050. The number of nitrogens with one attached hydrogen (secondary N) is 1. The number of rotatable bonds is 2. The Balaban J connectivity index is 2.06. The lowest BCUT2D eigenvalue weighted by Crippen LogP contribution is -1.86. The van der Waals surface area contributed by atoms with E-state index < -0.39 is 0 Å². The Morgan fingerprint density at radius 3 is 2.38 bits per heavy atom. The summed E-state index contributed by atoms with van der Waals surface area (Å²) in [5, 5.41) is 9.19. The monoisotopic (exact) mass is 310 g/mol. The first kappa shape index (κ1) is 14.2. The molecule has 0 fully saturated rings. The number of pyridine rings is 2. The molecule has 114 valence electrons. The number of nitriles is 1. The second kappa shape index (κ2) is 5.64. The summed E-state index contributed by atoms with van der Waals surface area (Å²) in [6, 6.07) is 18.0. The van der Waals surface area contributed by atoms with Crippen molar-refractivity contribution < 1.29 is 0 Å². The van der Waals surface area contributed by atoms with Crippen molar-refractivity contribution in [3.63, 3.8) is 0 Å². The maximum Gasteiger partial charge on any atom is 0.141 e. The van der Waals surface area contributed by atoms with Gasteiger partial charge in [0, 0.05) is 23.5 Å². The summed E-state index contributed by atoms with van der Waals surface area (Å²) >= 11 is 0. The van der Waals surface area contributed by atoms with Crippen molar-refractivity contribution in [3.8, 4) is 28.5 Å². The van der Waals surface area contributed by atoms with Crippen LogP contribution in [-0.4, -0.2) is 15.0 Å². The molecule has 0 spiro atoms. The molecule has 3 heterocycles. The van der Waals surface area contributed by atoms with Crippen LogP contribution in [0.5, 0.6) is 0 Å². The van der Waals surface area contributed by atoms with Gasteiger partial charge >= 0.3 is 0 Å². The van der Waals surface area contributed by atoms with E-state index >= 15 is 0 Å². The number of fused-ring (bicyclic) bond motifs is 1. The van der Waals surface area contributed by atoms with Crippen LogP contribution in [0.25, 0.3) is 33.4 Å². The van der Waals surface area contributed by atoms with Gasteiger partial charge in [-0.15, -0.1) is 0 Å². The smallest absolute Gasteiger partial charge is 0.141 e. The van der Waals surface area contributed by atoms with E-state index in [1.54, 1.807) is 18.5 Å². The summed E-state index contributed by atoms with van der Waals surface area (Å²) in [6.45, 7) is 2.06. The lowest BCUT2D eigenvalue weighted by atomic mass is 10.00. The molecule has 0 aliphatic carbocycles. The van der Waals surface area contributed by atoms with E-state index in [4.69, 9.17) is 0 Å². The Hall–Kier alpha value is -3.45. The summed E-state index contributed by atoms with van der Waals surface area (Å²) in [7, 11) is 0. The molecular formula is C20H14N4. The molecule has 0 bridgehead atoms. The molecule has 4 heteroatoms. The van der Waals surface area contributed by atoms with Crippen LogP contribution in [0.1, 0.15) is 11.3 Å². The molecule has 0 amide bonds. The number of aromatic nitrogens is 3. The highest BCUT2D eigenvalue weighted by atomic mass is 14.8. The van der Waals surface area contributed by atoms with Gasteiger partial charge < -0.3 is 4.98 Å². The molecule has 0 saturated carbocycles. The third-order valence-electron chi connectivity index (χ3n) is 4.07. The molecule has 4 rings (SSSR count). The average Bonchev–Trinajstić information content (AvgIpc) is 3.01. The molecule has 0 aliphatic heterocycles. The van der Waals surface area contributed by atoms with Gasteiger partial charge in [-0.05, 0) is 36.8 Å². The topological polar surface area (TPSA) is 65.4 Å². The first-order chi connectivity index (χ1) is 11.8. The predicted molar refractivity (Wildman–Crippen MR) is 94.2 cm³/mol. The average molecular weight is 310 g/mol. The third-order valence-corrected chi connectivity index (χ3v) is 4.07. The van der Waals surface area contributed by atoms with Crippen LogP contribution in [0.2, 0.25) is 0 Å². The zero-order valence-corrected chi connectivity index (χ0v) is 13.1. The summed E-state index contributed by atoms with van der Waals surface area (Å²) in [5.74, 6) is 0. The highest BCUT2D eigenvalue weighted by molar-refractivity contribution is 6.01. The molecule has 4 aromatic rings. The van der Waals surface area contributed by atoms with Crippen LogP contribution in [0, 0.1) is 18.3 Å². The molecule has 24 heavy (non-hydrogen) atoms. The first-order valence-corrected chi connectivity index (χ1v) is 7.66. The molecule has 0 aliphatic rings. The molecule has 3 aromatic heterocycles. The van der Waals surface area contributed by atoms with Gasteiger partial charge in [-0.2, -0.15) is 5.26 Å². The molecule has 4 nitrogen and oxygen atoms in total. The molecule has 1 aromatic carbocycles.